The monoisotopic (exact) mass is 552 g/mol. The van der Waals surface area contributed by atoms with E-state index < -0.39 is 29.5 Å². The number of ketones is 1. The number of amides is 1. The van der Waals surface area contributed by atoms with Crippen LogP contribution >= 0.6 is 27.3 Å². The molecule has 1 atom stereocenters. The minimum Gasteiger partial charge on any atom is -0.503 e. The summed E-state index contributed by atoms with van der Waals surface area (Å²) < 4.78 is 5.83. The Labute approximate surface area is 214 Å². The van der Waals surface area contributed by atoms with Crippen LogP contribution < -0.4 is 4.90 Å². The fourth-order valence-corrected chi connectivity index (χ4v) is 5.15. The van der Waals surface area contributed by atoms with E-state index in [9.17, 15) is 19.5 Å². The summed E-state index contributed by atoms with van der Waals surface area (Å²) in [6.07, 6.45) is 2.96. The molecule has 35 heavy (non-hydrogen) atoms. The SMILES string of the molecule is CCOC(=O)c1sc(N2C(=O)C(O)=C(C(=O)C=Cc3ccccc3)C2c2cccc(Br)c2)nc1C. The van der Waals surface area contributed by atoms with E-state index in [1.54, 1.807) is 38.1 Å². The van der Waals surface area contributed by atoms with Gasteiger partial charge in [-0.2, -0.15) is 0 Å². The number of benzene rings is 2. The van der Waals surface area contributed by atoms with Crippen molar-refractivity contribution in [2.75, 3.05) is 11.5 Å². The average molecular weight is 553 g/mol. The molecular weight excluding hydrogens is 532 g/mol. The standard InChI is InChI=1S/C26H21BrN2O5S/c1-3-34-25(33)23-15(2)28-26(35-23)29-21(17-10-7-11-18(27)14-17)20(22(31)24(29)32)19(30)13-12-16-8-5-4-6-9-16/h4-14,21,31H,3H2,1-2H3. The highest BCUT2D eigenvalue weighted by Crippen LogP contribution is 2.43. The van der Waals surface area contributed by atoms with Gasteiger partial charge in [-0.25, -0.2) is 9.78 Å². The molecule has 0 aliphatic carbocycles. The lowest BCUT2D eigenvalue weighted by Gasteiger charge is -2.24. The summed E-state index contributed by atoms with van der Waals surface area (Å²) in [4.78, 5) is 44.8. The smallest absolute Gasteiger partial charge is 0.350 e. The number of nitrogens with zero attached hydrogens (tertiary/aromatic N) is 2. The second kappa shape index (κ2) is 10.4. The molecular formula is C26H21BrN2O5S. The molecule has 0 bridgehead atoms. The van der Waals surface area contributed by atoms with E-state index in [2.05, 4.69) is 20.9 Å². The fourth-order valence-electron chi connectivity index (χ4n) is 3.74. The Bertz CT molecular complexity index is 1360. The Balaban J connectivity index is 1.79. The number of allylic oxidation sites excluding steroid dienone is 1. The maximum Gasteiger partial charge on any atom is 0.350 e. The number of rotatable bonds is 7. The third-order valence-electron chi connectivity index (χ3n) is 5.32. The number of carbonyl (C=O) groups is 3. The van der Waals surface area contributed by atoms with Crippen LogP contribution in [0.3, 0.4) is 0 Å². The number of aliphatic hydroxyl groups is 1. The van der Waals surface area contributed by atoms with Gasteiger partial charge >= 0.3 is 5.97 Å². The van der Waals surface area contributed by atoms with Crippen LogP contribution in [-0.2, 0) is 14.3 Å². The third-order valence-corrected chi connectivity index (χ3v) is 6.95. The summed E-state index contributed by atoms with van der Waals surface area (Å²) in [5.41, 5.74) is 1.73. The van der Waals surface area contributed by atoms with Gasteiger partial charge in [0.25, 0.3) is 5.91 Å². The number of esters is 1. The van der Waals surface area contributed by atoms with Crippen molar-refractivity contribution in [1.82, 2.24) is 4.98 Å². The number of aliphatic hydroxyl groups excluding tert-OH is 1. The molecule has 1 aromatic heterocycles. The van der Waals surface area contributed by atoms with Crippen molar-refractivity contribution in [3.05, 3.63) is 98.2 Å². The summed E-state index contributed by atoms with van der Waals surface area (Å²) in [6, 6.07) is 15.4. The van der Waals surface area contributed by atoms with Crippen molar-refractivity contribution in [3.8, 4) is 0 Å². The van der Waals surface area contributed by atoms with Crippen LogP contribution in [0, 0.1) is 6.92 Å². The molecule has 1 unspecified atom stereocenters. The number of hydrogen-bond acceptors (Lipinski definition) is 7. The van der Waals surface area contributed by atoms with Crippen LogP contribution in [0.5, 0.6) is 0 Å². The normalized spacial score (nSPS) is 15.8. The molecule has 1 amide bonds. The van der Waals surface area contributed by atoms with Gasteiger partial charge in [0, 0.05) is 4.47 Å². The van der Waals surface area contributed by atoms with Gasteiger partial charge in [0.15, 0.2) is 16.7 Å². The number of hydrogen-bond donors (Lipinski definition) is 1. The lowest BCUT2D eigenvalue weighted by Crippen LogP contribution is -2.30. The second-order valence-electron chi connectivity index (χ2n) is 7.63. The van der Waals surface area contributed by atoms with E-state index >= 15 is 0 Å². The molecule has 7 nitrogen and oxygen atoms in total. The second-order valence-corrected chi connectivity index (χ2v) is 9.53. The molecule has 4 rings (SSSR count). The van der Waals surface area contributed by atoms with Crippen LogP contribution in [-0.4, -0.2) is 34.4 Å². The van der Waals surface area contributed by atoms with Gasteiger partial charge in [0.1, 0.15) is 4.88 Å². The zero-order valence-electron chi connectivity index (χ0n) is 18.9. The number of halogens is 1. The highest BCUT2D eigenvalue weighted by atomic mass is 79.9. The maximum absolute atomic E-state index is 13.3. The Hall–Kier alpha value is -3.56. The van der Waals surface area contributed by atoms with Crippen LogP contribution in [0.2, 0.25) is 0 Å². The number of aryl methyl sites for hydroxylation is 1. The van der Waals surface area contributed by atoms with Crippen LogP contribution in [0.1, 0.15) is 39.5 Å². The van der Waals surface area contributed by atoms with E-state index in [0.717, 1.165) is 21.4 Å². The molecule has 0 radical (unpaired) electrons. The van der Waals surface area contributed by atoms with E-state index in [1.165, 1.54) is 11.0 Å². The first-order chi connectivity index (χ1) is 16.8. The summed E-state index contributed by atoms with van der Waals surface area (Å²) in [5, 5.41) is 11.0. The zero-order valence-corrected chi connectivity index (χ0v) is 21.3. The minimum atomic E-state index is -0.937. The highest BCUT2D eigenvalue weighted by molar-refractivity contribution is 9.10. The van der Waals surface area contributed by atoms with Gasteiger partial charge in [0.2, 0.25) is 0 Å². The number of ether oxygens (including phenoxy) is 1. The van der Waals surface area contributed by atoms with Crippen molar-refractivity contribution in [2.45, 2.75) is 19.9 Å². The molecule has 1 aliphatic heterocycles. The summed E-state index contributed by atoms with van der Waals surface area (Å²) in [7, 11) is 0. The number of thiazole rings is 1. The Morgan fingerprint density at radius 1 is 1.20 bits per heavy atom. The predicted octanol–water partition coefficient (Wildman–Crippen LogP) is 5.57. The van der Waals surface area contributed by atoms with Gasteiger partial charge < -0.3 is 9.84 Å². The van der Waals surface area contributed by atoms with Crippen molar-refractivity contribution in [3.63, 3.8) is 0 Å². The van der Waals surface area contributed by atoms with Gasteiger partial charge in [0.05, 0.1) is 23.9 Å². The fraction of sp³-hybridized carbons (Fsp3) is 0.154. The Morgan fingerprint density at radius 3 is 2.63 bits per heavy atom. The molecule has 2 aromatic carbocycles. The first-order valence-corrected chi connectivity index (χ1v) is 12.4. The van der Waals surface area contributed by atoms with Crippen molar-refractivity contribution in [2.24, 2.45) is 0 Å². The molecule has 178 valence electrons. The maximum atomic E-state index is 13.3. The lowest BCUT2D eigenvalue weighted by molar-refractivity contribution is -0.117. The largest absolute Gasteiger partial charge is 0.503 e. The topological polar surface area (TPSA) is 96.8 Å². The quantitative estimate of drug-likeness (QED) is 0.304. The molecule has 1 N–H and O–H groups in total. The third kappa shape index (κ3) is 4.96. The summed E-state index contributed by atoms with van der Waals surface area (Å²) >= 11 is 4.41. The first kappa shape index (κ1) is 24.6. The van der Waals surface area contributed by atoms with E-state index in [-0.39, 0.29) is 22.2 Å². The Morgan fingerprint density at radius 2 is 1.94 bits per heavy atom. The van der Waals surface area contributed by atoms with Gasteiger partial charge in [-0.1, -0.05) is 75.8 Å². The van der Waals surface area contributed by atoms with Crippen molar-refractivity contribution >= 4 is 56.1 Å². The summed E-state index contributed by atoms with van der Waals surface area (Å²) in [6.45, 7) is 3.54. The zero-order chi connectivity index (χ0) is 25.1. The van der Waals surface area contributed by atoms with E-state index in [4.69, 9.17) is 4.74 Å². The minimum absolute atomic E-state index is 0.0641. The van der Waals surface area contributed by atoms with Crippen LogP contribution in [0.25, 0.3) is 6.08 Å². The van der Waals surface area contributed by atoms with Crippen molar-refractivity contribution < 1.29 is 24.2 Å². The average Bonchev–Trinajstić information content (AvgIpc) is 3.35. The van der Waals surface area contributed by atoms with Crippen LogP contribution in [0.4, 0.5) is 5.13 Å². The highest BCUT2D eigenvalue weighted by Gasteiger charge is 2.45. The van der Waals surface area contributed by atoms with E-state index in [0.29, 0.717) is 11.3 Å². The molecule has 0 spiro atoms. The number of aromatic nitrogens is 1. The molecule has 9 heteroatoms. The lowest BCUT2D eigenvalue weighted by atomic mass is 9.96. The number of anilines is 1. The van der Waals surface area contributed by atoms with Gasteiger partial charge in [-0.3, -0.25) is 14.5 Å². The molecule has 3 aromatic rings. The van der Waals surface area contributed by atoms with Crippen LogP contribution in [0.15, 0.2) is 76.5 Å². The predicted molar refractivity (Wildman–Crippen MR) is 137 cm³/mol. The molecule has 1 aliphatic rings. The summed E-state index contributed by atoms with van der Waals surface area (Å²) in [5.74, 6) is -2.47. The molecule has 2 heterocycles. The van der Waals surface area contributed by atoms with E-state index in [1.807, 2.05) is 36.4 Å². The van der Waals surface area contributed by atoms with Gasteiger partial charge in [-0.05, 0) is 43.2 Å². The number of carbonyl (C=O) groups excluding carboxylic acids is 3. The van der Waals surface area contributed by atoms with Gasteiger partial charge in [-0.15, -0.1) is 0 Å². The van der Waals surface area contributed by atoms with Crippen molar-refractivity contribution in [1.29, 1.82) is 0 Å². The molecule has 0 fully saturated rings. The molecule has 0 saturated carbocycles. The molecule has 0 saturated heterocycles. The Kier molecular flexibility index (Phi) is 7.28. The first-order valence-electron chi connectivity index (χ1n) is 10.8.